The Morgan fingerprint density at radius 3 is 2.56 bits per heavy atom. The van der Waals surface area contributed by atoms with Crippen LogP contribution in [0.1, 0.15) is 42.9 Å². The first kappa shape index (κ1) is 15.7. The van der Waals surface area contributed by atoms with Crippen LogP contribution >= 0.6 is 31.9 Å². The van der Waals surface area contributed by atoms with E-state index in [1.807, 2.05) is 19.1 Å². The van der Waals surface area contributed by atoms with Crippen molar-refractivity contribution in [3.05, 3.63) is 32.2 Å². The molecule has 0 amide bonds. The summed E-state index contributed by atoms with van der Waals surface area (Å²) in [6, 6.07) is 3.86. The molecule has 5 heteroatoms. The van der Waals surface area contributed by atoms with Crippen molar-refractivity contribution in [1.82, 2.24) is 0 Å². The first-order chi connectivity index (χ1) is 8.41. The van der Waals surface area contributed by atoms with Crippen molar-refractivity contribution in [1.29, 1.82) is 0 Å². The molecule has 0 saturated heterocycles. The number of hydrogen-bond acceptors (Lipinski definition) is 2. The Morgan fingerprint density at radius 1 is 1.28 bits per heavy atom. The van der Waals surface area contributed by atoms with E-state index in [0.717, 1.165) is 20.1 Å². The SMILES string of the molecule is Cc1cc(Br)c(C(O)CCCCC(=O)O)cc1Br. The van der Waals surface area contributed by atoms with Gasteiger partial charge in [-0.2, -0.15) is 0 Å². The van der Waals surface area contributed by atoms with E-state index in [1.165, 1.54) is 0 Å². The quantitative estimate of drug-likeness (QED) is 0.728. The van der Waals surface area contributed by atoms with Crippen molar-refractivity contribution < 1.29 is 15.0 Å². The van der Waals surface area contributed by atoms with Crippen LogP contribution in [0.2, 0.25) is 0 Å². The Hall–Kier alpha value is -0.390. The summed E-state index contributed by atoms with van der Waals surface area (Å²) < 4.78 is 1.85. The summed E-state index contributed by atoms with van der Waals surface area (Å²) in [5, 5.41) is 18.6. The molecule has 1 aromatic carbocycles. The number of carbonyl (C=O) groups is 1. The molecule has 0 bridgehead atoms. The maximum atomic E-state index is 10.4. The van der Waals surface area contributed by atoms with Gasteiger partial charge in [0.05, 0.1) is 6.10 Å². The highest BCUT2D eigenvalue weighted by Crippen LogP contribution is 2.31. The van der Waals surface area contributed by atoms with Crippen molar-refractivity contribution in [3.8, 4) is 0 Å². The molecule has 18 heavy (non-hydrogen) atoms. The van der Waals surface area contributed by atoms with Crippen LogP contribution in [-0.4, -0.2) is 16.2 Å². The van der Waals surface area contributed by atoms with Gasteiger partial charge in [0.1, 0.15) is 0 Å². The van der Waals surface area contributed by atoms with Crippen LogP contribution < -0.4 is 0 Å². The fourth-order valence-corrected chi connectivity index (χ4v) is 2.77. The minimum atomic E-state index is -0.788. The lowest BCUT2D eigenvalue weighted by Crippen LogP contribution is -2.01. The first-order valence-electron chi connectivity index (χ1n) is 5.77. The summed E-state index contributed by atoms with van der Waals surface area (Å²) >= 11 is 6.88. The Kier molecular flexibility index (Phi) is 6.32. The topological polar surface area (TPSA) is 57.5 Å². The largest absolute Gasteiger partial charge is 0.481 e. The van der Waals surface area contributed by atoms with Crippen molar-refractivity contribution in [2.45, 2.75) is 38.7 Å². The number of aryl methyl sites for hydroxylation is 1. The summed E-state index contributed by atoms with van der Waals surface area (Å²) in [7, 11) is 0. The monoisotopic (exact) mass is 378 g/mol. The van der Waals surface area contributed by atoms with Gasteiger partial charge in [0.15, 0.2) is 0 Å². The number of carboxylic acid groups (broad SMARTS) is 1. The number of hydrogen-bond donors (Lipinski definition) is 2. The van der Waals surface area contributed by atoms with Gasteiger partial charge < -0.3 is 10.2 Å². The van der Waals surface area contributed by atoms with E-state index in [1.54, 1.807) is 0 Å². The van der Waals surface area contributed by atoms with Gasteiger partial charge in [0, 0.05) is 15.4 Å². The third kappa shape index (κ3) is 4.71. The van der Waals surface area contributed by atoms with Crippen LogP contribution in [0.5, 0.6) is 0 Å². The lowest BCUT2D eigenvalue weighted by Gasteiger charge is -2.14. The van der Waals surface area contributed by atoms with Crippen LogP contribution in [0.25, 0.3) is 0 Å². The highest BCUT2D eigenvalue weighted by molar-refractivity contribution is 9.11. The van der Waals surface area contributed by atoms with E-state index < -0.39 is 12.1 Å². The van der Waals surface area contributed by atoms with Crippen LogP contribution in [-0.2, 0) is 4.79 Å². The van der Waals surface area contributed by atoms with E-state index in [2.05, 4.69) is 31.9 Å². The lowest BCUT2D eigenvalue weighted by atomic mass is 10.0. The average Bonchev–Trinajstić information content (AvgIpc) is 2.28. The lowest BCUT2D eigenvalue weighted by molar-refractivity contribution is -0.137. The molecular weight excluding hydrogens is 364 g/mol. The predicted octanol–water partition coefficient (Wildman–Crippen LogP) is 4.20. The predicted molar refractivity (Wildman–Crippen MR) is 77.6 cm³/mol. The number of aliphatic carboxylic acids is 1. The van der Waals surface area contributed by atoms with Gasteiger partial charge >= 0.3 is 5.97 Å². The molecule has 1 aromatic rings. The zero-order valence-corrected chi connectivity index (χ0v) is 13.3. The second-order valence-electron chi connectivity index (χ2n) is 4.28. The molecule has 100 valence electrons. The second kappa shape index (κ2) is 7.26. The number of aliphatic hydroxyl groups is 1. The molecule has 0 saturated carbocycles. The standard InChI is InChI=1S/C13H16Br2O3/c1-8-6-11(15)9(7-10(8)14)12(16)4-2-3-5-13(17)18/h6-7,12,16H,2-5H2,1H3,(H,17,18). The van der Waals surface area contributed by atoms with Crippen molar-refractivity contribution in [2.24, 2.45) is 0 Å². The molecule has 0 spiro atoms. The van der Waals surface area contributed by atoms with Crippen LogP contribution in [0.4, 0.5) is 0 Å². The number of halogens is 2. The third-order valence-corrected chi connectivity index (χ3v) is 4.30. The van der Waals surface area contributed by atoms with Gasteiger partial charge in [-0.25, -0.2) is 0 Å². The molecule has 0 aliphatic heterocycles. The second-order valence-corrected chi connectivity index (χ2v) is 5.99. The minimum Gasteiger partial charge on any atom is -0.481 e. The highest BCUT2D eigenvalue weighted by Gasteiger charge is 2.13. The number of rotatable bonds is 6. The van der Waals surface area contributed by atoms with Gasteiger partial charge in [-0.05, 0) is 49.4 Å². The number of unbranched alkanes of at least 4 members (excludes halogenated alkanes) is 1. The third-order valence-electron chi connectivity index (χ3n) is 2.76. The minimum absolute atomic E-state index is 0.158. The zero-order chi connectivity index (χ0) is 13.7. The maximum absolute atomic E-state index is 10.4. The first-order valence-corrected chi connectivity index (χ1v) is 7.36. The van der Waals surface area contributed by atoms with Gasteiger partial charge in [-0.1, -0.05) is 31.9 Å². The van der Waals surface area contributed by atoms with Crippen LogP contribution in [0.3, 0.4) is 0 Å². The van der Waals surface area contributed by atoms with E-state index >= 15 is 0 Å². The molecule has 3 nitrogen and oxygen atoms in total. The molecule has 1 atom stereocenters. The van der Waals surface area contributed by atoms with Gasteiger partial charge in [0.2, 0.25) is 0 Å². The van der Waals surface area contributed by atoms with Crippen LogP contribution in [0, 0.1) is 6.92 Å². The number of carboxylic acids is 1. The molecule has 0 fully saturated rings. The zero-order valence-electron chi connectivity index (χ0n) is 10.1. The molecule has 0 aliphatic carbocycles. The van der Waals surface area contributed by atoms with E-state index in [-0.39, 0.29) is 6.42 Å². The normalized spacial score (nSPS) is 12.4. The van der Waals surface area contributed by atoms with E-state index in [4.69, 9.17) is 5.11 Å². The Labute approximate surface area is 123 Å². The average molecular weight is 380 g/mol. The summed E-state index contributed by atoms with van der Waals surface area (Å²) in [6.07, 6.45) is 1.46. The Bertz CT molecular complexity index is 432. The number of aliphatic hydroxyl groups excluding tert-OH is 1. The summed E-state index contributed by atoms with van der Waals surface area (Å²) in [6.45, 7) is 1.98. The smallest absolute Gasteiger partial charge is 0.303 e. The fourth-order valence-electron chi connectivity index (χ4n) is 1.69. The fraction of sp³-hybridized carbons (Fsp3) is 0.462. The van der Waals surface area contributed by atoms with Gasteiger partial charge in [0.25, 0.3) is 0 Å². The maximum Gasteiger partial charge on any atom is 0.303 e. The molecular formula is C13H16Br2O3. The van der Waals surface area contributed by atoms with Gasteiger partial charge in [-0.15, -0.1) is 0 Å². The summed E-state index contributed by atoms with van der Waals surface area (Å²) in [4.78, 5) is 10.4. The van der Waals surface area contributed by atoms with Crippen LogP contribution in [0.15, 0.2) is 21.1 Å². The molecule has 0 radical (unpaired) electrons. The van der Waals surface area contributed by atoms with Crippen molar-refractivity contribution in [3.63, 3.8) is 0 Å². The van der Waals surface area contributed by atoms with Gasteiger partial charge in [-0.3, -0.25) is 4.79 Å². The summed E-state index contributed by atoms with van der Waals surface area (Å²) in [5.74, 6) is -0.788. The molecule has 0 aromatic heterocycles. The van der Waals surface area contributed by atoms with E-state index in [9.17, 15) is 9.90 Å². The Balaban J connectivity index is 2.58. The summed E-state index contributed by atoms with van der Waals surface area (Å²) in [5.41, 5.74) is 1.94. The van der Waals surface area contributed by atoms with E-state index in [0.29, 0.717) is 19.3 Å². The Morgan fingerprint density at radius 2 is 1.94 bits per heavy atom. The number of benzene rings is 1. The van der Waals surface area contributed by atoms with Crippen molar-refractivity contribution >= 4 is 37.8 Å². The molecule has 2 N–H and O–H groups in total. The molecule has 1 rings (SSSR count). The molecule has 0 heterocycles. The van der Waals surface area contributed by atoms with Crippen molar-refractivity contribution in [2.75, 3.05) is 0 Å². The molecule has 1 unspecified atom stereocenters. The molecule has 0 aliphatic rings. The highest BCUT2D eigenvalue weighted by atomic mass is 79.9.